The highest BCUT2D eigenvalue weighted by molar-refractivity contribution is 5.54. The van der Waals surface area contributed by atoms with Crippen molar-refractivity contribution in [1.29, 1.82) is 0 Å². The van der Waals surface area contributed by atoms with E-state index in [0.717, 1.165) is 11.6 Å². The predicted octanol–water partition coefficient (Wildman–Crippen LogP) is 1.41. The molecule has 0 aliphatic carbocycles. The summed E-state index contributed by atoms with van der Waals surface area (Å²) in [4.78, 5) is 4.99. The van der Waals surface area contributed by atoms with Gasteiger partial charge in [0.05, 0.1) is 0 Å². The van der Waals surface area contributed by atoms with E-state index in [0.29, 0.717) is 6.04 Å². The fraction of sp³-hybridized carbons (Fsp3) is 0.538. The number of anilines is 2. The molecule has 0 amide bonds. The van der Waals surface area contributed by atoms with Gasteiger partial charge < -0.3 is 15.5 Å². The Morgan fingerprint density at radius 3 is 2.69 bits per heavy atom. The molecule has 1 aromatic carbocycles. The van der Waals surface area contributed by atoms with Crippen LogP contribution in [0.3, 0.4) is 0 Å². The van der Waals surface area contributed by atoms with Gasteiger partial charge in [-0.1, -0.05) is 0 Å². The van der Waals surface area contributed by atoms with E-state index in [4.69, 9.17) is 5.73 Å². The van der Waals surface area contributed by atoms with Gasteiger partial charge in [-0.3, -0.25) is 0 Å². The number of rotatable bonds is 1. The minimum absolute atomic E-state index is 0.716. The quantitative estimate of drug-likeness (QED) is 0.722. The number of fused-ring (bicyclic) bond motifs is 1. The van der Waals surface area contributed by atoms with E-state index >= 15 is 0 Å². The number of nitrogens with two attached hydrogens (primary N) is 1. The average Bonchev–Trinajstić information content (AvgIpc) is 2.78. The lowest BCUT2D eigenvalue weighted by Gasteiger charge is -2.26. The standard InChI is InChI=1S/C13H19N3/c1-15-8-10-6-7-16(13(10)9-15)12-4-2-11(14)3-5-12/h2-5,10,13H,6-9,14H2,1H3/t10-,13+/m0/s1. The fourth-order valence-corrected chi connectivity index (χ4v) is 3.16. The number of likely N-dealkylation sites (tertiary alicyclic amines) is 1. The van der Waals surface area contributed by atoms with Crippen LogP contribution in [0.1, 0.15) is 6.42 Å². The number of likely N-dealkylation sites (N-methyl/N-ethyl adjacent to an activating group) is 1. The lowest BCUT2D eigenvalue weighted by atomic mass is 10.1. The Morgan fingerprint density at radius 2 is 1.94 bits per heavy atom. The van der Waals surface area contributed by atoms with Crippen LogP contribution in [0.15, 0.2) is 24.3 Å². The monoisotopic (exact) mass is 217 g/mol. The molecule has 2 saturated heterocycles. The molecule has 2 heterocycles. The highest BCUT2D eigenvalue weighted by Gasteiger charge is 2.39. The third-order valence-corrected chi connectivity index (χ3v) is 3.95. The van der Waals surface area contributed by atoms with Crippen molar-refractivity contribution in [1.82, 2.24) is 4.90 Å². The summed E-state index contributed by atoms with van der Waals surface area (Å²) in [5.74, 6) is 0.863. The van der Waals surface area contributed by atoms with Crippen LogP contribution < -0.4 is 10.6 Å². The second-order valence-electron chi connectivity index (χ2n) is 5.12. The number of benzene rings is 1. The van der Waals surface area contributed by atoms with Crippen molar-refractivity contribution in [2.45, 2.75) is 12.5 Å². The van der Waals surface area contributed by atoms with Gasteiger partial charge in [-0.2, -0.15) is 0 Å². The maximum atomic E-state index is 5.73. The molecule has 3 rings (SSSR count). The van der Waals surface area contributed by atoms with Crippen LogP contribution in [0, 0.1) is 5.92 Å². The van der Waals surface area contributed by atoms with Gasteiger partial charge in [0.1, 0.15) is 0 Å². The molecule has 2 N–H and O–H groups in total. The molecular formula is C13H19N3. The van der Waals surface area contributed by atoms with Crippen molar-refractivity contribution < 1.29 is 0 Å². The summed E-state index contributed by atoms with van der Waals surface area (Å²) in [5.41, 5.74) is 7.91. The first-order valence-corrected chi connectivity index (χ1v) is 6.05. The summed E-state index contributed by atoms with van der Waals surface area (Å²) in [7, 11) is 2.22. The summed E-state index contributed by atoms with van der Waals surface area (Å²) >= 11 is 0. The fourth-order valence-electron chi connectivity index (χ4n) is 3.16. The first-order valence-electron chi connectivity index (χ1n) is 6.05. The van der Waals surface area contributed by atoms with Gasteiger partial charge >= 0.3 is 0 Å². The molecule has 3 nitrogen and oxygen atoms in total. The van der Waals surface area contributed by atoms with Crippen LogP contribution in [0.25, 0.3) is 0 Å². The van der Waals surface area contributed by atoms with E-state index in [-0.39, 0.29) is 0 Å². The third kappa shape index (κ3) is 1.55. The lowest BCUT2D eigenvalue weighted by molar-refractivity contribution is 0.386. The largest absolute Gasteiger partial charge is 0.399 e. The molecular weight excluding hydrogens is 198 g/mol. The molecule has 0 saturated carbocycles. The Bertz CT molecular complexity index is 373. The Hall–Kier alpha value is -1.22. The summed E-state index contributed by atoms with van der Waals surface area (Å²) < 4.78 is 0. The molecule has 86 valence electrons. The molecule has 0 aromatic heterocycles. The van der Waals surface area contributed by atoms with Crippen LogP contribution in [0.4, 0.5) is 11.4 Å². The highest BCUT2D eigenvalue weighted by atomic mass is 15.3. The molecule has 1 aromatic rings. The van der Waals surface area contributed by atoms with Crippen LogP contribution in [-0.4, -0.2) is 37.6 Å². The van der Waals surface area contributed by atoms with Crippen molar-refractivity contribution in [3.05, 3.63) is 24.3 Å². The number of nitrogens with zero attached hydrogens (tertiary/aromatic N) is 2. The van der Waals surface area contributed by atoms with Gasteiger partial charge in [0, 0.05) is 37.1 Å². The normalized spacial score (nSPS) is 29.7. The molecule has 16 heavy (non-hydrogen) atoms. The van der Waals surface area contributed by atoms with Crippen molar-refractivity contribution in [2.75, 3.05) is 37.3 Å². The minimum Gasteiger partial charge on any atom is -0.399 e. The second kappa shape index (κ2) is 3.67. The summed E-state index contributed by atoms with van der Waals surface area (Å²) in [5, 5.41) is 0. The molecule has 2 fully saturated rings. The molecule has 0 unspecified atom stereocenters. The van der Waals surface area contributed by atoms with E-state index in [1.54, 1.807) is 0 Å². The smallest absolute Gasteiger partial charge is 0.0457 e. The summed E-state index contributed by atoms with van der Waals surface area (Å²) in [6, 6.07) is 9.02. The summed E-state index contributed by atoms with van der Waals surface area (Å²) in [6.45, 7) is 3.66. The molecule has 0 spiro atoms. The number of nitrogen functional groups attached to an aromatic ring is 1. The summed E-state index contributed by atoms with van der Waals surface area (Å²) in [6.07, 6.45) is 1.33. The Morgan fingerprint density at radius 1 is 1.19 bits per heavy atom. The zero-order valence-electron chi connectivity index (χ0n) is 9.76. The van der Waals surface area contributed by atoms with Gasteiger partial charge in [0.15, 0.2) is 0 Å². The molecule has 2 aliphatic rings. The van der Waals surface area contributed by atoms with Crippen LogP contribution >= 0.6 is 0 Å². The second-order valence-corrected chi connectivity index (χ2v) is 5.12. The maximum Gasteiger partial charge on any atom is 0.0457 e. The van der Waals surface area contributed by atoms with Crippen LogP contribution in [0.5, 0.6) is 0 Å². The molecule has 0 radical (unpaired) electrons. The van der Waals surface area contributed by atoms with Gasteiger partial charge in [-0.05, 0) is 43.7 Å². The van der Waals surface area contributed by atoms with Crippen molar-refractivity contribution in [3.8, 4) is 0 Å². The van der Waals surface area contributed by atoms with Crippen LogP contribution in [0.2, 0.25) is 0 Å². The molecule has 0 bridgehead atoms. The minimum atomic E-state index is 0.716. The Labute approximate surface area is 96.8 Å². The first kappa shape index (κ1) is 9.97. The van der Waals surface area contributed by atoms with E-state index in [1.807, 2.05) is 12.1 Å². The average molecular weight is 217 g/mol. The first-order chi connectivity index (χ1) is 7.74. The lowest BCUT2D eigenvalue weighted by Crippen LogP contribution is -2.34. The van der Waals surface area contributed by atoms with Gasteiger partial charge in [0.2, 0.25) is 0 Å². The van der Waals surface area contributed by atoms with Crippen molar-refractivity contribution in [2.24, 2.45) is 5.92 Å². The van der Waals surface area contributed by atoms with Gasteiger partial charge in [0.25, 0.3) is 0 Å². The SMILES string of the molecule is CN1C[C@@H]2CCN(c3ccc(N)cc3)[C@@H]2C1. The number of hydrogen-bond acceptors (Lipinski definition) is 3. The van der Waals surface area contributed by atoms with Gasteiger partial charge in [-0.15, -0.1) is 0 Å². The van der Waals surface area contributed by atoms with Crippen molar-refractivity contribution >= 4 is 11.4 Å². The van der Waals surface area contributed by atoms with Gasteiger partial charge in [-0.25, -0.2) is 0 Å². The van der Waals surface area contributed by atoms with Crippen molar-refractivity contribution in [3.63, 3.8) is 0 Å². The zero-order chi connectivity index (χ0) is 11.1. The molecule has 2 atom stereocenters. The highest BCUT2D eigenvalue weighted by Crippen LogP contribution is 2.34. The number of hydrogen-bond donors (Lipinski definition) is 1. The predicted molar refractivity (Wildman–Crippen MR) is 67.6 cm³/mol. The Balaban J connectivity index is 1.83. The van der Waals surface area contributed by atoms with E-state index in [1.165, 1.54) is 31.7 Å². The van der Waals surface area contributed by atoms with E-state index < -0.39 is 0 Å². The maximum absolute atomic E-state index is 5.73. The zero-order valence-corrected chi connectivity index (χ0v) is 9.76. The van der Waals surface area contributed by atoms with E-state index in [9.17, 15) is 0 Å². The molecule has 3 heteroatoms. The third-order valence-electron chi connectivity index (χ3n) is 3.95. The Kier molecular flexibility index (Phi) is 2.28. The van der Waals surface area contributed by atoms with Crippen LogP contribution in [-0.2, 0) is 0 Å². The van der Waals surface area contributed by atoms with E-state index in [2.05, 4.69) is 29.0 Å². The topological polar surface area (TPSA) is 32.5 Å². The molecule has 2 aliphatic heterocycles.